The molecule has 2 atom stereocenters. The summed E-state index contributed by atoms with van der Waals surface area (Å²) in [7, 11) is 0. The van der Waals surface area contributed by atoms with E-state index in [1.165, 1.54) is 12.1 Å². The van der Waals surface area contributed by atoms with Crippen molar-refractivity contribution in [3.05, 3.63) is 107 Å². The summed E-state index contributed by atoms with van der Waals surface area (Å²) in [5, 5.41) is 2.72. The van der Waals surface area contributed by atoms with Gasteiger partial charge in [0, 0.05) is 26.2 Å². The van der Waals surface area contributed by atoms with Crippen LogP contribution in [0, 0.1) is 5.82 Å². The standard InChI is InChI=1S/C32H37FN4O4/c33-27-15-13-25(14-16-27)22-28(34)30(38)37-21-20-36(19-17-24-8-3-1-4-9-24)31(39)29(37)12-7-18-35-32(40)41-23-26-10-5-2-6-11-26/h1-6,8-11,13-16,28-29H,7,12,17-23,34H2,(H,35,40). The molecule has 1 aliphatic heterocycles. The number of nitrogens with one attached hydrogen (secondary N) is 1. The Balaban J connectivity index is 1.34. The summed E-state index contributed by atoms with van der Waals surface area (Å²) in [5.41, 5.74) is 9.05. The third-order valence-electron chi connectivity index (χ3n) is 7.20. The van der Waals surface area contributed by atoms with E-state index in [2.05, 4.69) is 5.32 Å². The van der Waals surface area contributed by atoms with Crippen LogP contribution in [0.25, 0.3) is 0 Å². The van der Waals surface area contributed by atoms with Gasteiger partial charge in [-0.15, -0.1) is 0 Å². The Morgan fingerprint density at radius 3 is 2.27 bits per heavy atom. The van der Waals surface area contributed by atoms with Crippen molar-refractivity contribution in [1.29, 1.82) is 0 Å². The van der Waals surface area contributed by atoms with Crippen molar-refractivity contribution < 1.29 is 23.5 Å². The lowest BCUT2D eigenvalue weighted by molar-refractivity contribution is -0.152. The van der Waals surface area contributed by atoms with Crippen molar-refractivity contribution >= 4 is 17.9 Å². The Labute approximate surface area is 240 Å². The van der Waals surface area contributed by atoms with Gasteiger partial charge in [0.25, 0.3) is 0 Å². The lowest BCUT2D eigenvalue weighted by Gasteiger charge is -2.41. The number of amides is 3. The molecular formula is C32H37FN4O4. The number of nitrogens with two attached hydrogens (primary N) is 1. The van der Waals surface area contributed by atoms with Crippen molar-refractivity contribution in [3.63, 3.8) is 0 Å². The molecule has 41 heavy (non-hydrogen) atoms. The smallest absolute Gasteiger partial charge is 0.407 e. The molecule has 0 aliphatic carbocycles. The van der Waals surface area contributed by atoms with E-state index in [4.69, 9.17) is 10.5 Å². The molecular weight excluding hydrogens is 523 g/mol. The first kappa shape index (κ1) is 29.7. The van der Waals surface area contributed by atoms with Gasteiger partial charge >= 0.3 is 6.09 Å². The molecule has 2 unspecified atom stereocenters. The number of carbonyl (C=O) groups excluding carboxylic acids is 3. The summed E-state index contributed by atoms with van der Waals surface area (Å²) in [5.74, 6) is -0.796. The van der Waals surface area contributed by atoms with E-state index in [0.29, 0.717) is 45.4 Å². The first-order chi connectivity index (χ1) is 19.9. The van der Waals surface area contributed by atoms with E-state index in [1.807, 2.05) is 60.7 Å². The zero-order chi connectivity index (χ0) is 29.0. The fourth-order valence-corrected chi connectivity index (χ4v) is 4.95. The SMILES string of the molecule is NC(Cc1ccc(F)cc1)C(=O)N1CCN(CCc2ccccc2)C(=O)C1CCCNC(=O)OCc1ccccc1. The first-order valence-corrected chi connectivity index (χ1v) is 14.0. The van der Waals surface area contributed by atoms with Gasteiger partial charge in [0.15, 0.2) is 0 Å². The number of piperazine rings is 1. The molecule has 3 aromatic rings. The summed E-state index contributed by atoms with van der Waals surface area (Å²) in [6.45, 7) is 1.80. The molecule has 8 nitrogen and oxygen atoms in total. The predicted molar refractivity (Wildman–Crippen MR) is 154 cm³/mol. The lowest BCUT2D eigenvalue weighted by atomic mass is 10.0. The average molecular weight is 561 g/mol. The van der Waals surface area contributed by atoms with Crippen molar-refractivity contribution in [3.8, 4) is 0 Å². The summed E-state index contributed by atoms with van der Waals surface area (Å²) in [6, 6.07) is 23.7. The predicted octanol–water partition coefficient (Wildman–Crippen LogP) is 3.68. The maximum absolute atomic E-state index is 13.6. The van der Waals surface area contributed by atoms with E-state index >= 15 is 0 Å². The molecule has 0 radical (unpaired) electrons. The number of rotatable bonds is 12. The molecule has 0 aromatic heterocycles. The largest absolute Gasteiger partial charge is 0.445 e. The molecule has 4 rings (SSSR count). The highest BCUT2D eigenvalue weighted by molar-refractivity contribution is 5.91. The van der Waals surface area contributed by atoms with Gasteiger partial charge in [0.05, 0.1) is 6.04 Å². The highest BCUT2D eigenvalue weighted by Gasteiger charge is 2.38. The molecule has 3 aromatic carbocycles. The Kier molecular flexibility index (Phi) is 10.8. The van der Waals surface area contributed by atoms with Gasteiger partial charge in [0.1, 0.15) is 18.5 Å². The lowest BCUT2D eigenvalue weighted by Crippen LogP contribution is -2.61. The number of alkyl carbamates (subject to hydrolysis) is 1. The molecule has 1 fully saturated rings. The van der Waals surface area contributed by atoms with Gasteiger partial charge in [0.2, 0.25) is 11.8 Å². The van der Waals surface area contributed by atoms with Gasteiger partial charge in [-0.2, -0.15) is 0 Å². The van der Waals surface area contributed by atoms with Crippen LogP contribution in [0.5, 0.6) is 0 Å². The van der Waals surface area contributed by atoms with Crippen molar-refractivity contribution in [1.82, 2.24) is 15.1 Å². The number of benzene rings is 3. The van der Waals surface area contributed by atoms with E-state index in [1.54, 1.807) is 21.9 Å². The third-order valence-corrected chi connectivity index (χ3v) is 7.20. The summed E-state index contributed by atoms with van der Waals surface area (Å²) in [6.07, 6.45) is 1.26. The Bertz CT molecular complexity index is 1270. The molecule has 1 aliphatic rings. The monoisotopic (exact) mass is 560 g/mol. The van der Waals surface area contributed by atoms with Gasteiger partial charge in [-0.05, 0) is 54.5 Å². The molecule has 3 amide bonds. The fraction of sp³-hybridized carbons (Fsp3) is 0.344. The first-order valence-electron chi connectivity index (χ1n) is 14.0. The Hall–Kier alpha value is -4.24. The second-order valence-corrected chi connectivity index (χ2v) is 10.2. The number of hydrogen-bond acceptors (Lipinski definition) is 5. The van der Waals surface area contributed by atoms with E-state index < -0.39 is 18.2 Å². The van der Waals surface area contributed by atoms with Gasteiger partial charge in [-0.3, -0.25) is 9.59 Å². The van der Waals surface area contributed by atoms with Gasteiger partial charge in [-0.25, -0.2) is 9.18 Å². The Morgan fingerprint density at radius 1 is 0.927 bits per heavy atom. The van der Waals surface area contributed by atoms with E-state index in [0.717, 1.165) is 16.7 Å². The maximum atomic E-state index is 13.6. The van der Waals surface area contributed by atoms with E-state index in [-0.39, 0.29) is 30.7 Å². The number of halogens is 1. The highest BCUT2D eigenvalue weighted by Crippen LogP contribution is 2.19. The second-order valence-electron chi connectivity index (χ2n) is 10.2. The fourth-order valence-electron chi connectivity index (χ4n) is 4.95. The highest BCUT2D eigenvalue weighted by atomic mass is 19.1. The molecule has 216 valence electrons. The van der Waals surface area contributed by atoms with E-state index in [9.17, 15) is 18.8 Å². The number of nitrogens with zero attached hydrogens (tertiary/aromatic N) is 2. The zero-order valence-electron chi connectivity index (χ0n) is 23.1. The van der Waals surface area contributed by atoms with Gasteiger partial charge < -0.3 is 25.6 Å². The topological polar surface area (TPSA) is 105 Å². The normalized spacial score (nSPS) is 15.9. The Morgan fingerprint density at radius 2 is 1.59 bits per heavy atom. The van der Waals surface area contributed by atoms with Crippen LogP contribution < -0.4 is 11.1 Å². The molecule has 0 saturated carbocycles. The maximum Gasteiger partial charge on any atom is 0.407 e. The number of carbonyl (C=O) groups is 3. The van der Waals surface area contributed by atoms with Crippen LogP contribution in [0.4, 0.5) is 9.18 Å². The summed E-state index contributed by atoms with van der Waals surface area (Å²) in [4.78, 5) is 42.6. The van der Waals surface area contributed by atoms with Crippen LogP contribution in [0.1, 0.15) is 29.5 Å². The quantitative estimate of drug-likeness (QED) is 0.329. The number of ether oxygens (including phenoxy) is 1. The molecule has 3 N–H and O–H groups in total. The molecule has 1 saturated heterocycles. The van der Waals surface area contributed by atoms with Crippen LogP contribution in [-0.4, -0.2) is 66.0 Å². The van der Waals surface area contributed by atoms with Crippen LogP contribution in [0.3, 0.4) is 0 Å². The minimum absolute atomic E-state index is 0.124. The average Bonchev–Trinajstić information content (AvgIpc) is 3.00. The molecule has 0 spiro atoms. The van der Waals surface area contributed by atoms with Crippen LogP contribution in [0.2, 0.25) is 0 Å². The van der Waals surface area contributed by atoms with Crippen molar-refractivity contribution in [2.24, 2.45) is 5.73 Å². The second kappa shape index (κ2) is 14.9. The molecule has 1 heterocycles. The van der Waals surface area contributed by atoms with Gasteiger partial charge in [-0.1, -0.05) is 72.8 Å². The number of hydrogen-bond donors (Lipinski definition) is 2. The summed E-state index contributed by atoms with van der Waals surface area (Å²) >= 11 is 0. The zero-order valence-corrected chi connectivity index (χ0v) is 23.1. The summed E-state index contributed by atoms with van der Waals surface area (Å²) < 4.78 is 18.6. The van der Waals surface area contributed by atoms with Crippen LogP contribution >= 0.6 is 0 Å². The molecule has 0 bridgehead atoms. The van der Waals surface area contributed by atoms with Crippen LogP contribution in [0.15, 0.2) is 84.9 Å². The minimum atomic E-state index is -0.863. The minimum Gasteiger partial charge on any atom is -0.445 e. The van der Waals surface area contributed by atoms with Crippen molar-refractivity contribution in [2.75, 3.05) is 26.2 Å². The van der Waals surface area contributed by atoms with Crippen LogP contribution in [-0.2, 0) is 33.8 Å². The third kappa shape index (κ3) is 8.88. The van der Waals surface area contributed by atoms with Crippen molar-refractivity contribution in [2.45, 2.75) is 44.4 Å². The molecule has 9 heteroatoms.